The average molecular weight is 404 g/mol. The lowest BCUT2D eigenvalue weighted by atomic mass is 9.94. The summed E-state index contributed by atoms with van der Waals surface area (Å²) in [4.78, 5) is 14.9. The van der Waals surface area contributed by atoms with Gasteiger partial charge in [0.2, 0.25) is 0 Å². The van der Waals surface area contributed by atoms with E-state index in [-0.39, 0.29) is 30.7 Å². The summed E-state index contributed by atoms with van der Waals surface area (Å²) in [5, 5.41) is 6.26. The number of nitrogens with zero attached hydrogens (tertiary/aromatic N) is 1. The van der Waals surface area contributed by atoms with Crippen LogP contribution in [0.15, 0.2) is 24.3 Å². The molecule has 2 aliphatic rings. The van der Waals surface area contributed by atoms with E-state index in [9.17, 15) is 4.79 Å². The summed E-state index contributed by atoms with van der Waals surface area (Å²) < 4.78 is 5.54. The van der Waals surface area contributed by atoms with Crippen molar-refractivity contribution in [2.45, 2.75) is 50.8 Å². The second-order valence-electron chi connectivity index (χ2n) is 6.92. The molecule has 5 nitrogen and oxygen atoms in total. The number of ether oxygens (including phenoxy) is 1. The summed E-state index contributed by atoms with van der Waals surface area (Å²) in [5.41, 5.74) is 2.07. The van der Waals surface area contributed by atoms with E-state index >= 15 is 0 Å². The van der Waals surface area contributed by atoms with Gasteiger partial charge >= 0.3 is 0 Å². The fourth-order valence-electron chi connectivity index (χ4n) is 3.65. The second-order valence-corrected chi connectivity index (χ2v) is 6.92. The predicted molar refractivity (Wildman–Crippen MR) is 111 cm³/mol. The van der Waals surface area contributed by atoms with E-state index in [2.05, 4.69) is 28.6 Å². The fraction of sp³-hybridized carbons (Fsp3) is 0.632. The third kappa shape index (κ3) is 6.39. The van der Waals surface area contributed by atoms with Crippen molar-refractivity contribution in [2.75, 3.05) is 32.1 Å². The maximum atomic E-state index is 12.4. The zero-order valence-electron chi connectivity index (χ0n) is 15.4. The Balaban J connectivity index is 0.00000169. The van der Waals surface area contributed by atoms with E-state index in [1.54, 1.807) is 0 Å². The first kappa shape index (κ1) is 23.2. The van der Waals surface area contributed by atoms with Crippen LogP contribution in [0.5, 0.6) is 0 Å². The zero-order chi connectivity index (χ0) is 16.8. The Labute approximate surface area is 169 Å². The van der Waals surface area contributed by atoms with Crippen LogP contribution in [0.3, 0.4) is 0 Å². The van der Waals surface area contributed by atoms with Gasteiger partial charge in [0.1, 0.15) is 6.10 Å². The Morgan fingerprint density at radius 1 is 1.23 bits per heavy atom. The molecule has 2 N–H and O–H groups in total. The van der Waals surface area contributed by atoms with Gasteiger partial charge in [-0.3, -0.25) is 9.69 Å². The van der Waals surface area contributed by atoms with Crippen molar-refractivity contribution in [2.24, 2.45) is 0 Å². The first-order chi connectivity index (χ1) is 11.7. The number of para-hydroxylation sites is 1. The molecule has 0 bridgehead atoms. The number of hydrogen-bond acceptors (Lipinski definition) is 4. The predicted octanol–water partition coefficient (Wildman–Crippen LogP) is 3.22. The highest BCUT2D eigenvalue weighted by molar-refractivity contribution is 5.95. The number of halogens is 2. The van der Waals surface area contributed by atoms with Gasteiger partial charge in [0.15, 0.2) is 0 Å². The second kappa shape index (κ2) is 11.8. The summed E-state index contributed by atoms with van der Waals surface area (Å²) in [6, 6.07) is 8.76. The van der Waals surface area contributed by atoms with Gasteiger partial charge in [-0.15, -0.1) is 24.8 Å². The fourth-order valence-corrected chi connectivity index (χ4v) is 3.65. The van der Waals surface area contributed by atoms with Crippen molar-refractivity contribution in [1.29, 1.82) is 0 Å². The Morgan fingerprint density at radius 3 is 2.65 bits per heavy atom. The molecule has 26 heavy (non-hydrogen) atoms. The Hall–Kier alpha value is -0.850. The molecular weight excluding hydrogens is 373 g/mol. The van der Waals surface area contributed by atoms with Crippen LogP contribution in [-0.4, -0.2) is 49.7 Å². The number of benzene rings is 1. The van der Waals surface area contributed by atoms with Crippen molar-refractivity contribution < 1.29 is 9.53 Å². The molecule has 7 heteroatoms. The number of nitrogens with one attached hydrogen (secondary N) is 2. The van der Waals surface area contributed by atoms with Crippen LogP contribution in [0.4, 0.5) is 5.69 Å². The van der Waals surface area contributed by atoms with Crippen LogP contribution in [0.1, 0.15) is 37.7 Å². The molecule has 148 valence electrons. The minimum absolute atomic E-state index is 0. The van der Waals surface area contributed by atoms with Gasteiger partial charge in [-0.25, -0.2) is 0 Å². The van der Waals surface area contributed by atoms with Crippen molar-refractivity contribution >= 4 is 36.4 Å². The molecule has 1 aromatic rings. The number of carbonyl (C=O) groups is 1. The van der Waals surface area contributed by atoms with Crippen LogP contribution in [0.2, 0.25) is 0 Å². The molecular formula is C19H31Cl2N3O2. The number of amides is 1. The van der Waals surface area contributed by atoms with Gasteiger partial charge in [-0.05, 0) is 31.5 Å². The quantitative estimate of drug-likeness (QED) is 0.792. The third-order valence-electron chi connectivity index (χ3n) is 5.11. The van der Waals surface area contributed by atoms with Crippen LogP contribution in [0.25, 0.3) is 0 Å². The Kier molecular flexibility index (Phi) is 10.5. The number of hydrogen-bond donors (Lipinski definition) is 2. The van der Waals surface area contributed by atoms with E-state index in [1.807, 2.05) is 18.2 Å². The SMILES string of the molecule is CN(Cc1ccccc1NC(=O)C1CNCCO1)C1CCCCC1.Cl.Cl. The Morgan fingerprint density at radius 2 is 1.96 bits per heavy atom. The van der Waals surface area contributed by atoms with Gasteiger partial charge in [-0.1, -0.05) is 37.5 Å². The topological polar surface area (TPSA) is 53.6 Å². The molecule has 0 radical (unpaired) electrons. The lowest BCUT2D eigenvalue weighted by Crippen LogP contribution is -2.45. The molecule has 1 aromatic carbocycles. The van der Waals surface area contributed by atoms with Crippen molar-refractivity contribution in [1.82, 2.24) is 10.2 Å². The van der Waals surface area contributed by atoms with Crippen molar-refractivity contribution in [3.8, 4) is 0 Å². The van der Waals surface area contributed by atoms with Crippen molar-refractivity contribution in [3.63, 3.8) is 0 Å². The number of morpholine rings is 1. The van der Waals surface area contributed by atoms with Crippen molar-refractivity contribution in [3.05, 3.63) is 29.8 Å². The number of anilines is 1. The van der Waals surface area contributed by atoms with E-state index in [0.29, 0.717) is 19.2 Å². The molecule has 0 spiro atoms. The van der Waals surface area contributed by atoms with Gasteiger partial charge < -0.3 is 15.4 Å². The van der Waals surface area contributed by atoms with Crippen LogP contribution in [-0.2, 0) is 16.1 Å². The molecule has 2 fully saturated rings. The van der Waals surface area contributed by atoms with Gasteiger partial charge in [0.25, 0.3) is 5.91 Å². The third-order valence-corrected chi connectivity index (χ3v) is 5.11. The largest absolute Gasteiger partial charge is 0.366 e. The number of rotatable bonds is 5. The minimum atomic E-state index is -0.400. The van der Waals surface area contributed by atoms with E-state index in [1.165, 1.54) is 37.7 Å². The maximum absolute atomic E-state index is 12.4. The minimum Gasteiger partial charge on any atom is -0.366 e. The molecule has 1 saturated heterocycles. The normalized spacial score (nSPS) is 20.8. The molecule has 1 atom stereocenters. The standard InChI is InChI=1S/C19H29N3O2.2ClH/c1-22(16-8-3-2-4-9-16)14-15-7-5-6-10-17(15)21-19(23)18-13-20-11-12-24-18;;/h5-7,10,16,18,20H,2-4,8-9,11-14H2,1H3,(H,21,23);2*1H. The monoisotopic (exact) mass is 403 g/mol. The lowest BCUT2D eigenvalue weighted by molar-refractivity contribution is -0.128. The highest BCUT2D eigenvalue weighted by Crippen LogP contribution is 2.25. The molecule has 1 aliphatic carbocycles. The van der Waals surface area contributed by atoms with Crippen LogP contribution >= 0.6 is 24.8 Å². The molecule has 1 aliphatic heterocycles. The first-order valence-electron chi connectivity index (χ1n) is 9.15. The summed E-state index contributed by atoms with van der Waals surface area (Å²) in [5.74, 6) is -0.0602. The summed E-state index contributed by atoms with van der Waals surface area (Å²) in [6.07, 6.45) is 6.20. The molecule has 1 unspecified atom stereocenters. The van der Waals surface area contributed by atoms with Gasteiger partial charge in [0, 0.05) is 31.4 Å². The smallest absolute Gasteiger partial charge is 0.254 e. The molecule has 1 heterocycles. The van der Waals surface area contributed by atoms with E-state index in [0.717, 1.165) is 18.8 Å². The maximum Gasteiger partial charge on any atom is 0.254 e. The molecule has 1 amide bonds. The van der Waals surface area contributed by atoms with Crippen LogP contribution in [0, 0.1) is 0 Å². The lowest BCUT2D eigenvalue weighted by Gasteiger charge is -2.31. The zero-order valence-corrected chi connectivity index (χ0v) is 17.0. The first-order valence-corrected chi connectivity index (χ1v) is 9.15. The average Bonchev–Trinajstić information content (AvgIpc) is 2.64. The summed E-state index contributed by atoms with van der Waals surface area (Å²) in [6.45, 7) is 2.84. The highest BCUT2D eigenvalue weighted by atomic mass is 35.5. The Bertz CT molecular complexity index is 547. The van der Waals surface area contributed by atoms with E-state index in [4.69, 9.17) is 4.74 Å². The highest BCUT2D eigenvalue weighted by Gasteiger charge is 2.23. The van der Waals surface area contributed by atoms with Gasteiger partial charge in [0.05, 0.1) is 6.61 Å². The summed E-state index contributed by atoms with van der Waals surface area (Å²) >= 11 is 0. The summed E-state index contributed by atoms with van der Waals surface area (Å²) in [7, 11) is 2.20. The number of carbonyl (C=O) groups excluding carboxylic acids is 1. The molecule has 1 saturated carbocycles. The van der Waals surface area contributed by atoms with Gasteiger partial charge in [-0.2, -0.15) is 0 Å². The molecule has 0 aromatic heterocycles. The van der Waals surface area contributed by atoms with E-state index < -0.39 is 6.10 Å². The van der Waals surface area contributed by atoms with Crippen LogP contribution < -0.4 is 10.6 Å². The molecule has 3 rings (SSSR count).